The highest BCUT2D eigenvalue weighted by Gasteiger charge is 2.25. The predicted octanol–water partition coefficient (Wildman–Crippen LogP) is 5.92. The molecule has 1 saturated carbocycles. The lowest BCUT2D eigenvalue weighted by Crippen LogP contribution is -2.47. The van der Waals surface area contributed by atoms with Crippen LogP contribution in [0.15, 0.2) is 88.2 Å². The zero-order valence-corrected chi connectivity index (χ0v) is 26.0. The Hall–Kier alpha value is -3.21. The summed E-state index contributed by atoms with van der Waals surface area (Å²) in [5.74, 6) is 2.54. The van der Waals surface area contributed by atoms with Crippen LogP contribution in [-0.4, -0.2) is 57.7 Å². The van der Waals surface area contributed by atoms with Crippen LogP contribution < -0.4 is 19.8 Å². The minimum Gasteiger partial charge on any atom is -0.368 e. The van der Waals surface area contributed by atoms with Gasteiger partial charge in [-0.25, -0.2) is 18.1 Å². The second kappa shape index (κ2) is 13.0. The molecule has 3 aromatic carbocycles. The van der Waals surface area contributed by atoms with Gasteiger partial charge in [0.25, 0.3) is 0 Å². The molecule has 2 aliphatic rings. The standard InChI is InChI=1S/C32H37BrN6O2S/c33-26-14-16-28(17-15-26)42(40,41)35-23-25-12-10-24(11-13-25)22-34-32-36-30-9-5-4-8-29(30)31(37-32)39-20-18-38(19-21-39)27-6-2-1-3-7-27/h1-9,14-17,24-25,35H,10-13,18-23H2,(H,34,36,37). The largest absolute Gasteiger partial charge is 0.368 e. The molecule has 1 aliphatic heterocycles. The summed E-state index contributed by atoms with van der Waals surface area (Å²) in [5, 5.41) is 4.63. The van der Waals surface area contributed by atoms with Crippen LogP contribution in [0.5, 0.6) is 0 Å². The minimum absolute atomic E-state index is 0.302. The molecule has 2 heterocycles. The van der Waals surface area contributed by atoms with Gasteiger partial charge in [0.05, 0.1) is 10.4 Å². The molecule has 0 unspecified atom stereocenters. The molecule has 1 aromatic heterocycles. The fraction of sp³-hybridized carbons (Fsp3) is 0.375. The first-order valence-corrected chi connectivity index (χ1v) is 17.0. The van der Waals surface area contributed by atoms with E-state index in [2.05, 4.69) is 84.3 Å². The Kier molecular flexibility index (Phi) is 8.92. The smallest absolute Gasteiger partial charge is 0.240 e. The van der Waals surface area contributed by atoms with Crippen molar-refractivity contribution in [1.82, 2.24) is 14.7 Å². The van der Waals surface area contributed by atoms with Crippen LogP contribution in [0.25, 0.3) is 10.9 Å². The number of halogens is 1. The molecule has 220 valence electrons. The first-order valence-electron chi connectivity index (χ1n) is 14.8. The van der Waals surface area contributed by atoms with Crippen molar-refractivity contribution in [3.05, 3.63) is 83.3 Å². The first-order chi connectivity index (χ1) is 20.4. The number of anilines is 3. The minimum atomic E-state index is -3.49. The average molecular weight is 650 g/mol. The van der Waals surface area contributed by atoms with Gasteiger partial charge in [0.15, 0.2) is 0 Å². The molecule has 0 amide bonds. The van der Waals surface area contributed by atoms with Gasteiger partial charge in [-0.1, -0.05) is 46.3 Å². The monoisotopic (exact) mass is 648 g/mol. The third-order valence-corrected chi connectivity index (χ3v) is 10.5. The van der Waals surface area contributed by atoms with Crippen molar-refractivity contribution in [2.24, 2.45) is 11.8 Å². The van der Waals surface area contributed by atoms with Crippen LogP contribution in [0.4, 0.5) is 17.5 Å². The molecule has 1 saturated heterocycles. The molecule has 2 N–H and O–H groups in total. The van der Waals surface area contributed by atoms with Crippen molar-refractivity contribution in [2.45, 2.75) is 30.6 Å². The maximum Gasteiger partial charge on any atom is 0.240 e. The Morgan fingerprint density at radius 2 is 1.36 bits per heavy atom. The van der Waals surface area contributed by atoms with Gasteiger partial charge in [-0.05, 0) is 86.1 Å². The molecule has 0 spiro atoms. The fourth-order valence-corrected chi connectivity index (χ4v) is 7.38. The second-order valence-corrected chi connectivity index (χ2v) is 14.0. The number of benzene rings is 3. The average Bonchev–Trinajstić information content (AvgIpc) is 3.03. The van der Waals surface area contributed by atoms with Crippen molar-refractivity contribution < 1.29 is 8.42 Å². The van der Waals surface area contributed by atoms with E-state index in [1.54, 1.807) is 24.3 Å². The number of hydrogen-bond acceptors (Lipinski definition) is 7. The van der Waals surface area contributed by atoms with Crippen LogP contribution in [-0.2, 0) is 10.0 Å². The van der Waals surface area contributed by atoms with Crippen LogP contribution in [0.1, 0.15) is 25.7 Å². The number of nitrogens with zero attached hydrogens (tertiary/aromatic N) is 4. The molecule has 8 nitrogen and oxygen atoms in total. The quantitative estimate of drug-likeness (QED) is 0.233. The molecule has 6 rings (SSSR count). The van der Waals surface area contributed by atoms with Crippen molar-refractivity contribution in [3.63, 3.8) is 0 Å². The Balaban J connectivity index is 1.03. The summed E-state index contributed by atoms with van der Waals surface area (Å²) in [6.45, 7) is 5.02. The zero-order valence-electron chi connectivity index (χ0n) is 23.6. The van der Waals surface area contributed by atoms with E-state index in [1.165, 1.54) is 5.69 Å². The number of hydrogen-bond donors (Lipinski definition) is 2. The fourth-order valence-electron chi connectivity index (χ4n) is 6.00. The number of rotatable bonds is 9. The predicted molar refractivity (Wildman–Crippen MR) is 174 cm³/mol. The maximum atomic E-state index is 12.7. The number of sulfonamides is 1. The lowest BCUT2D eigenvalue weighted by molar-refractivity contribution is 0.284. The van der Waals surface area contributed by atoms with E-state index >= 15 is 0 Å². The van der Waals surface area contributed by atoms with E-state index in [1.807, 2.05) is 6.07 Å². The van der Waals surface area contributed by atoms with Gasteiger partial charge < -0.3 is 15.1 Å². The van der Waals surface area contributed by atoms with Gasteiger partial charge in [-0.2, -0.15) is 4.98 Å². The molecular formula is C32H37BrN6O2S. The lowest BCUT2D eigenvalue weighted by Gasteiger charge is -2.37. The van der Waals surface area contributed by atoms with E-state index in [9.17, 15) is 8.42 Å². The summed E-state index contributed by atoms with van der Waals surface area (Å²) >= 11 is 3.36. The molecule has 1 aliphatic carbocycles. The van der Waals surface area contributed by atoms with Gasteiger partial charge in [0, 0.05) is 54.8 Å². The lowest BCUT2D eigenvalue weighted by atomic mass is 9.82. The van der Waals surface area contributed by atoms with Crippen LogP contribution in [0.2, 0.25) is 0 Å². The van der Waals surface area contributed by atoms with Crippen molar-refractivity contribution >= 4 is 54.3 Å². The van der Waals surface area contributed by atoms with Crippen LogP contribution in [0.3, 0.4) is 0 Å². The SMILES string of the molecule is O=S(=O)(NCC1CCC(CNc2nc(N3CCN(c4ccccc4)CC3)c3ccccc3n2)CC1)c1ccc(Br)cc1. The Morgan fingerprint density at radius 3 is 2.07 bits per heavy atom. The van der Waals surface area contributed by atoms with Crippen molar-refractivity contribution in [1.29, 1.82) is 0 Å². The molecule has 0 radical (unpaired) electrons. The van der Waals surface area contributed by atoms with E-state index in [0.29, 0.717) is 29.2 Å². The normalized spacial score (nSPS) is 19.6. The Labute approximate surface area is 256 Å². The Morgan fingerprint density at radius 1 is 0.738 bits per heavy atom. The van der Waals surface area contributed by atoms with Crippen LogP contribution >= 0.6 is 15.9 Å². The van der Waals surface area contributed by atoms with Gasteiger partial charge in [0.1, 0.15) is 5.82 Å². The Bertz CT molecular complexity index is 1590. The third kappa shape index (κ3) is 6.88. The van der Waals surface area contributed by atoms with E-state index in [4.69, 9.17) is 9.97 Å². The second-order valence-electron chi connectivity index (χ2n) is 11.3. The first kappa shape index (κ1) is 28.9. The summed E-state index contributed by atoms with van der Waals surface area (Å²) in [7, 11) is -3.49. The van der Waals surface area contributed by atoms with Gasteiger partial charge in [0.2, 0.25) is 16.0 Å². The molecule has 0 bridgehead atoms. The van der Waals surface area contributed by atoms with Crippen LogP contribution in [0, 0.1) is 11.8 Å². The summed E-state index contributed by atoms with van der Waals surface area (Å²) in [4.78, 5) is 15.0. The van der Waals surface area contributed by atoms with Gasteiger partial charge in [-0.3, -0.25) is 0 Å². The van der Waals surface area contributed by atoms with Gasteiger partial charge >= 0.3 is 0 Å². The number of piperazine rings is 1. The summed E-state index contributed by atoms with van der Waals surface area (Å²) < 4.78 is 29.0. The molecule has 2 fully saturated rings. The number of aromatic nitrogens is 2. The topological polar surface area (TPSA) is 90.5 Å². The van der Waals surface area contributed by atoms with E-state index < -0.39 is 10.0 Å². The van der Waals surface area contributed by atoms with E-state index in [-0.39, 0.29) is 0 Å². The number of para-hydroxylation sites is 2. The molecule has 4 aromatic rings. The molecule has 42 heavy (non-hydrogen) atoms. The zero-order chi connectivity index (χ0) is 28.9. The highest BCUT2D eigenvalue weighted by Crippen LogP contribution is 2.30. The summed E-state index contributed by atoms with van der Waals surface area (Å²) in [5.41, 5.74) is 2.22. The highest BCUT2D eigenvalue weighted by atomic mass is 79.9. The molecule has 0 atom stereocenters. The van der Waals surface area contributed by atoms with E-state index in [0.717, 1.165) is 79.6 Å². The number of fused-ring (bicyclic) bond motifs is 1. The maximum absolute atomic E-state index is 12.7. The van der Waals surface area contributed by atoms with Gasteiger partial charge in [-0.15, -0.1) is 0 Å². The summed E-state index contributed by atoms with van der Waals surface area (Å²) in [6.07, 6.45) is 4.12. The highest BCUT2D eigenvalue weighted by molar-refractivity contribution is 9.10. The third-order valence-electron chi connectivity index (χ3n) is 8.48. The van der Waals surface area contributed by atoms with Crippen molar-refractivity contribution in [2.75, 3.05) is 54.4 Å². The molecular weight excluding hydrogens is 612 g/mol. The molecule has 10 heteroatoms. The number of nitrogens with one attached hydrogen (secondary N) is 2. The van der Waals surface area contributed by atoms with Crippen molar-refractivity contribution in [3.8, 4) is 0 Å². The summed E-state index contributed by atoms with van der Waals surface area (Å²) in [6, 6.07) is 25.6.